The third-order valence-corrected chi connectivity index (χ3v) is 4.20. The largest absolute Gasteiger partial charge is 0.481 e. The van der Waals surface area contributed by atoms with E-state index in [9.17, 15) is 9.59 Å². The normalized spacial score (nSPS) is 21.5. The molecular weight excluding hydrogens is 282 g/mol. The molecule has 2 aromatic rings. The molecule has 1 aliphatic carbocycles. The number of rotatable bonds is 3. The number of carbonyl (C=O) groups is 2. The van der Waals surface area contributed by atoms with Crippen molar-refractivity contribution in [1.29, 1.82) is 0 Å². The Morgan fingerprint density at radius 1 is 1.14 bits per heavy atom. The molecular formula is C16H17N3O3. The van der Waals surface area contributed by atoms with Gasteiger partial charge in [0, 0.05) is 30.0 Å². The van der Waals surface area contributed by atoms with Crippen molar-refractivity contribution in [3.05, 3.63) is 36.3 Å². The second-order valence-corrected chi connectivity index (χ2v) is 5.61. The van der Waals surface area contributed by atoms with Crippen molar-refractivity contribution in [3.8, 4) is 0 Å². The van der Waals surface area contributed by atoms with Crippen molar-refractivity contribution in [1.82, 2.24) is 15.3 Å². The predicted octanol–water partition coefficient (Wildman–Crippen LogP) is 2.00. The summed E-state index contributed by atoms with van der Waals surface area (Å²) in [6, 6.07) is 3.48. The van der Waals surface area contributed by atoms with Crippen molar-refractivity contribution < 1.29 is 14.7 Å². The highest BCUT2D eigenvalue weighted by atomic mass is 16.4. The van der Waals surface area contributed by atoms with Gasteiger partial charge in [-0.15, -0.1) is 0 Å². The highest BCUT2D eigenvalue weighted by molar-refractivity contribution is 6.05. The van der Waals surface area contributed by atoms with E-state index in [-0.39, 0.29) is 17.9 Å². The van der Waals surface area contributed by atoms with E-state index >= 15 is 0 Å². The fourth-order valence-corrected chi connectivity index (χ4v) is 2.93. The minimum absolute atomic E-state index is 0.0305. The molecule has 3 rings (SSSR count). The molecule has 0 atom stereocenters. The van der Waals surface area contributed by atoms with Gasteiger partial charge in [-0.2, -0.15) is 0 Å². The average Bonchev–Trinajstić information content (AvgIpc) is 2.54. The Bertz CT molecular complexity index is 703. The zero-order chi connectivity index (χ0) is 15.5. The van der Waals surface area contributed by atoms with Gasteiger partial charge in [0.25, 0.3) is 5.91 Å². The second-order valence-electron chi connectivity index (χ2n) is 5.61. The van der Waals surface area contributed by atoms with Crippen LogP contribution in [0.25, 0.3) is 10.9 Å². The molecule has 1 amide bonds. The Labute approximate surface area is 127 Å². The quantitative estimate of drug-likeness (QED) is 0.904. The lowest BCUT2D eigenvalue weighted by Gasteiger charge is -2.26. The third kappa shape index (κ3) is 2.90. The summed E-state index contributed by atoms with van der Waals surface area (Å²) in [5.74, 6) is -1.17. The summed E-state index contributed by atoms with van der Waals surface area (Å²) in [5.41, 5.74) is 1.29. The van der Waals surface area contributed by atoms with E-state index in [0.717, 1.165) is 10.9 Å². The van der Waals surface area contributed by atoms with Crippen molar-refractivity contribution in [2.45, 2.75) is 31.7 Å². The maximum Gasteiger partial charge on any atom is 0.306 e. The van der Waals surface area contributed by atoms with Crippen LogP contribution in [0, 0.1) is 5.92 Å². The molecule has 6 heteroatoms. The summed E-state index contributed by atoms with van der Waals surface area (Å²) in [5, 5.41) is 12.7. The topological polar surface area (TPSA) is 92.2 Å². The van der Waals surface area contributed by atoms with Gasteiger partial charge in [0.05, 0.1) is 17.0 Å². The number of nitrogens with zero attached hydrogens (tertiary/aromatic N) is 2. The first kappa shape index (κ1) is 14.4. The smallest absolute Gasteiger partial charge is 0.306 e. The predicted molar refractivity (Wildman–Crippen MR) is 80.4 cm³/mol. The molecule has 2 heterocycles. The molecule has 114 valence electrons. The summed E-state index contributed by atoms with van der Waals surface area (Å²) in [4.78, 5) is 31.7. The number of nitrogens with one attached hydrogen (secondary N) is 1. The highest BCUT2D eigenvalue weighted by Gasteiger charge is 2.27. The first-order valence-corrected chi connectivity index (χ1v) is 7.37. The van der Waals surface area contributed by atoms with Crippen LogP contribution in [-0.4, -0.2) is 33.0 Å². The number of carboxylic acid groups (broad SMARTS) is 1. The first-order chi connectivity index (χ1) is 10.6. The van der Waals surface area contributed by atoms with Crippen molar-refractivity contribution in [2.24, 2.45) is 5.92 Å². The molecule has 0 bridgehead atoms. The van der Waals surface area contributed by atoms with Crippen LogP contribution < -0.4 is 5.32 Å². The highest BCUT2D eigenvalue weighted by Crippen LogP contribution is 2.25. The van der Waals surface area contributed by atoms with Crippen LogP contribution in [0.15, 0.2) is 30.7 Å². The number of aromatic nitrogens is 2. The van der Waals surface area contributed by atoms with Gasteiger partial charge in [0.15, 0.2) is 0 Å². The zero-order valence-electron chi connectivity index (χ0n) is 12.0. The first-order valence-electron chi connectivity index (χ1n) is 7.37. The Kier molecular flexibility index (Phi) is 4.00. The second kappa shape index (κ2) is 6.09. The summed E-state index contributed by atoms with van der Waals surface area (Å²) in [6.45, 7) is 0. The zero-order valence-corrected chi connectivity index (χ0v) is 12.0. The van der Waals surface area contributed by atoms with E-state index in [2.05, 4.69) is 15.3 Å². The number of hydrogen-bond acceptors (Lipinski definition) is 4. The number of amides is 1. The molecule has 0 radical (unpaired) electrons. The molecule has 1 saturated carbocycles. The molecule has 2 N–H and O–H groups in total. The van der Waals surface area contributed by atoms with Crippen molar-refractivity contribution >= 4 is 22.8 Å². The van der Waals surface area contributed by atoms with E-state index in [0.29, 0.717) is 31.2 Å². The SMILES string of the molecule is O=C(NC1CCC(C(=O)O)CC1)c1ccnc2ccncc12. The molecule has 0 spiro atoms. The van der Waals surface area contributed by atoms with Gasteiger partial charge in [-0.25, -0.2) is 0 Å². The van der Waals surface area contributed by atoms with E-state index in [1.54, 1.807) is 30.7 Å². The lowest BCUT2D eigenvalue weighted by atomic mass is 9.86. The lowest BCUT2D eigenvalue weighted by Crippen LogP contribution is -2.38. The van der Waals surface area contributed by atoms with Crippen LogP contribution >= 0.6 is 0 Å². The summed E-state index contributed by atoms with van der Waals surface area (Å²) in [6.07, 6.45) is 7.51. The van der Waals surface area contributed by atoms with Gasteiger partial charge in [-0.1, -0.05) is 0 Å². The van der Waals surface area contributed by atoms with Gasteiger partial charge in [0.2, 0.25) is 0 Å². The van der Waals surface area contributed by atoms with E-state index < -0.39 is 5.97 Å². The fourth-order valence-electron chi connectivity index (χ4n) is 2.93. The molecule has 1 aliphatic rings. The van der Waals surface area contributed by atoms with Gasteiger partial charge in [0.1, 0.15) is 0 Å². The molecule has 0 unspecified atom stereocenters. The van der Waals surface area contributed by atoms with Gasteiger partial charge < -0.3 is 10.4 Å². The maximum atomic E-state index is 12.5. The number of pyridine rings is 2. The average molecular weight is 299 g/mol. The van der Waals surface area contributed by atoms with E-state index in [1.807, 2.05) is 0 Å². The van der Waals surface area contributed by atoms with Crippen LogP contribution in [0.4, 0.5) is 0 Å². The summed E-state index contributed by atoms with van der Waals surface area (Å²) < 4.78 is 0. The summed E-state index contributed by atoms with van der Waals surface area (Å²) >= 11 is 0. The Balaban J connectivity index is 1.71. The molecule has 1 fully saturated rings. The minimum atomic E-state index is -0.740. The van der Waals surface area contributed by atoms with Gasteiger partial charge >= 0.3 is 5.97 Å². The monoisotopic (exact) mass is 299 g/mol. The van der Waals surface area contributed by atoms with Gasteiger partial charge in [-0.3, -0.25) is 19.6 Å². The standard InChI is InChI=1S/C16H17N3O3/c20-15(19-11-3-1-10(2-4-11)16(21)22)12-5-8-18-14-6-7-17-9-13(12)14/h5-11H,1-4H2,(H,19,20)(H,21,22). The molecule has 0 saturated heterocycles. The number of aliphatic carboxylic acids is 1. The third-order valence-electron chi connectivity index (χ3n) is 4.20. The van der Waals surface area contributed by atoms with Crippen LogP contribution in [0.2, 0.25) is 0 Å². The number of hydrogen-bond donors (Lipinski definition) is 2. The van der Waals surface area contributed by atoms with E-state index in [1.165, 1.54) is 0 Å². The van der Waals surface area contributed by atoms with Crippen molar-refractivity contribution in [2.75, 3.05) is 0 Å². The Hall–Kier alpha value is -2.50. The number of fused-ring (bicyclic) bond motifs is 1. The van der Waals surface area contributed by atoms with Crippen LogP contribution in [0.1, 0.15) is 36.0 Å². The van der Waals surface area contributed by atoms with Gasteiger partial charge in [-0.05, 0) is 37.8 Å². The molecule has 2 aromatic heterocycles. The number of carboxylic acids is 1. The Morgan fingerprint density at radius 2 is 1.91 bits per heavy atom. The number of carbonyl (C=O) groups excluding carboxylic acids is 1. The molecule has 6 nitrogen and oxygen atoms in total. The Morgan fingerprint density at radius 3 is 2.64 bits per heavy atom. The van der Waals surface area contributed by atoms with Crippen LogP contribution in [-0.2, 0) is 4.79 Å². The fraction of sp³-hybridized carbons (Fsp3) is 0.375. The maximum absolute atomic E-state index is 12.5. The molecule has 22 heavy (non-hydrogen) atoms. The van der Waals surface area contributed by atoms with Crippen molar-refractivity contribution in [3.63, 3.8) is 0 Å². The summed E-state index contributed by atoms with van der Waals surface area (Å²) in [7, 11) is 0. The van der Waals surface area contributed by atoms with E-state index in [4.69, 9.17) is 5.11 Å². The van der Waals surface area contributed by atoms with Crippen LogP contribution in [0.5, 0.6) is 0 Å². The lowest BCUT2D eigenvalue weighted by molar-refractivity contribution is -0.142. The minimum Gasteiger partial charge on any atom is -0.481 e. The molecule has 0 aliphatic heterocycles. The van der Waals surface area contributed by atoms with Crippen LogP contribution in [0.3, 0.4) is 0 Å². The molecule has 0 aromatic carbocycles.